The Morgan fingerprint density at radius 1 is 1.21 bits per heavy atom. The SMILES string of the molecule is CC(C)(C)OC(C)(C)CC1CCCO1. The Morgan fingerprint density at radius 3 is 2.29 bits per heavy atom. The molecule has 2 heteroatoms. The highest BCUT2D eigenvalue weighted by Gasteiger charge is 2.30. The summed E-state index contributed by atoms with van der Waals surface area (Å²) in [7, 11) is 0. The van der Waals surface area contributed by atoms with Gasteiger partial charge in [0.25, 0.3) is 0 Å². The third-order valence-electron chi connectivity index (χ3n) is 2.33. The van der Waals surface area contributed by atoms with Crippen LogP contribution in [0.15, 0.2) is 0 Å². The molecule has 0 aromatic carbocycles. The highest BCUT2D eigenvalue weighted by molar-refractivity contribution is 4.80. The minimum atomic E-state index is -0.0761. The van der Waals surface area contributed by atoms with Gasteiger partial charge in [-0.15, -0.1) is 0 Å². The lowest BCUT2D eigenvalue weighted by Gasteiger charge is -2.35. The maximum absolute atomic E-state index is 6.01. The van der Waals surface area contributed by atoms with E-state index >= 15 is 0 Å². The third-order valence-corrected chi connectivity index (χ3v) is 2.33. The molecule has 1 heterocycles. The number of hydrogen-bond donors (Lipinski definition) is 0. The van der Waals surface area contributed by atoms with Crippen LogP contribution < -0.4 is 0 Å². The minimum absolute atomic E-state index is 0.0674. The van der Waals surface area contributed by atoms with Crippen LogP contribution in [0.2, 0.25) is 0 Å². The molecule has 1 aliphatic heterocycles. The molecular weight excluding hydrogens is 176 g/mol. The molecule has 1 rings (SSSR count). The van der Waals surface area contributed by atoms with Gasteiger partial charge in [0, 0.05) is 13.0 Å². The van der Waals surface area contributed by atoms with E-state index in [-0.39, 0.29) is 11.2 Å². The first kappa shape index (κ1) is 12.0. The van der Waals surface area contributed by atoms with Crippen LogP contribution >= 0.6 is 0 Å². The molecule has 14 heavy (non-hydrogen) atoms. The van der Waals surface area contributed by atoms with Gasteiger partial charge in [0.05, 0.1) is 17.3 Å². The topological polar surface area (TPSA) is 18.5 Å². The summed E-state index contributed by atoms with van der Waals surface area (Å²) in [6.45, 7) is 11.5. The largest absolute Gasteiger partial charge is 0.378 e. The summed E-state index contributed by atoms with van der Waals surface area (Å²) in [5.74, 6) is 0. The van der Waals surface area contributed by atoms with Crippen molar-refractivity contribution in [2.24, 2.45) is 0 Å². The molecule has 0 aromatic heterocycles. The molecule has 0 bridgehead atoms. The molecule has 0 N–H and O–H groups in total. The van der Waals surface area contributed by atoms with Crippen molar-refractivity contribution in [1.29, 1.82) is 0 Å². The Balaban J connectivity index is 2.40. The Morgan fingerprint density at radius 2 is 1.86 bits per heavy atom. The first-order valence-electron chi connectivity index (χ1n) is 5.60. The summed E-state index contributed by atoms with van der Waals surface area (Å²) in [4.78, 5) is 0. The Hall–Kier alpha value is -0.0800. The van der Waals surface area contributed by atoms with Gasteiger partial charge in [0.1, 0.15) is 0 Å². The van der Waals surface area contributed by atoms with Crippen LogP contribution in [0.25, 0.3) is 0 Å². The molecule has 2 nitrogen and oxygen atoms in total. The zero-order valence-corrected chi connectivity index (χ0v) is 10.2. The Labute approximate surface area is 88.0 Å². The third kappa shape index (κ3) is 4.43. The van der Waals surface area contributed by atoms with Crippen LogP contribution in [0.4, 0.5) is 0 Å². The van der Waals surface area contributed by atoms with E-state index in [1.54, 1.807) is 0 Å². The van der Waals surface area contributed by atoms with Crippen molar-refractivity contribution in [2.75, 3.05) is 6.61 Å². The summed E-state index contributed by atoms with van der Waals surface area (Å²) >= 11 is 0. The van der Waals surface area contributed by atoms with E-state index in [1.165, 1.54) is 12.8 Å². The van der Waals surface area contributed by atoms with E-state index < -0.39 is 0 Å². The van der Waals surface area contributed by atoms with Crippen molar-refractivity contribution < 1.29 is 9.47 Å². The molecule has 0 amide bonds. The van der Waals surface area contributed by atoms with Gasteiger partial charge >= 0.3 is 0 Å². The van der Waals surface area contributed by atoms with Crippen LogP contribution in [0, 0.1) is 0 Å². The molecular formula is C12H24O2. The monoisotopic (exact) mass is 200 g/mol. The molecule has 1 atom stereocenters. The molecule has 1 unspecified atom stereocenters. The van der Waals surface area contributed by atoms with E-state index in [9.17, 15) is 0 Å². The van der Waals surface area contributed by atoms with Gasteiger partial charge in [-0.05, 0) is 47.5 Å². The number of hydrogen-bond acceptors (Lipinski definition) is 2. The van der Waals surface area contributed by atoms with Gasteiger partial charge in [-0.3, -0.25) is 0 Å². The maximum atomic E-state index is 6.01. The molecule has 0 aliphatic carbocycles. The lowest BCUT2D eigenvalue weighted by atomic mass is 9.97. The van der Waals surface area contributed by atoms with Crippen LogP contribution in [0.5, 0.6) is 0 Å². The number of rotatable bonds is 3. The summed E-state index contributed by atoms with van der Waals surface area (Å²) in [6.07, 6.45) is 3.81. The second kappa shape index (κ2) is 4.19. The van der Waals surface area contributed by atoms with Crippen molar-refractivity contribution >= 4 is 0 Å². The fraction of sp³-hybridized carbons (Fsp3) is 1.00. The van der Waals surface area contributed by atoms with Gasteiger partial charge in [-0.1, -0.05) is 0 Å². The first-order chi connectivity index (χ1) is 6.29. The van der Waals surface area contributed by atoms with Crippen LogP contribution in [-0.2, 0) is 9.47 Å². The van der Waals surface area contributed by atoms with Gasteiger partial charge in [-0.25, -0.2) is 0 Å². The van der Waals surface area contributed by atoms with E-state index in [1.807, 2.05) is 0 Å². The highest BCUT2D eigenvalue weighted by atomic mass is 16.5. The van der Waals surface area contributed by atoms with Gasteiger partial charge < -0.3 is 9.47 Å². The first-order valence-corrected chi connectivity index (χ1v) is 5.60. The standard InChI is InChI=1S/C12H24O2/c1-11(2,3)14-12(4,5)9-10-7-6-8-13-10/h10H,6-9H2,1-5H3. The van der Waals surface area contributed by atoms with Crippen LogP contribution in [0.3, 0.4) is 0 Å². The normalized spacial score (nSPS) is 24.2. The summed E-state index contributed by atoms with van der Waals surface area (Å²) in [5, 5.41) is 0. The molecule has 0 saturated carbocycles. The Kier molecular flexibility index (Phi) is 3.59. The predicted octanol–water partition coefficient (Wildman–Crippen LogP) is 3.15. The van der Waals surface area contributed by atoms with Crippen molar-refractivity contribution in [3.63, 3.8) is 0 Å². The lowest BCUT2D eigenvalue weighted by Crippen LogP contribution is -2.37. The van der Waals surface area contributed by atoms with Gasteiger partial charge in [0.15, 0.2) is 0 Å². The van der Waals surface area contributed by atoms with Crippen molar-refractivity contribution in [3.05, 3.63) is 0 Å². The van der Waals surface area contributed by atoms with Crippen molar-refractivity contribution in [1.82, 2.24) is 0 Å². The molecule has 84 valence electrons. The zero-order valence-electron chi connectivity index (χ0n) is 10.2. The zero-order chi connectivity index (χ0) is 10.8. The minimum Gasteiger partial charge on any atom is -0.378 e. The summed E-state index contributed by atoms with van der Waals surface area (Å²) < 4.78 is 11.6. The Bertz CT molecular complexity index is 173. The predicted molar refractivity (Wildman–Crippen MR) is 58.5 cm³/mol. The van der Waals surface area contributed by atoms with E-state index in [4.69, 9.17) is 9.47 Å². The van der Waals surface area contributed by atoms with Gasteiger partial charge in [-0.2, -0.15) is 0 Å². The van der Waals surface area contributed by atoms with Crippen LogP contribution in [-0.4, -0.2) is 23.9 Å². The molecule has 1 fully saturated rings. The molecule has 0 aromatic rings. The fourth-order valence-electron chi connectivity index (χ4n) is 2.22. The number of ether oxygens (including phenoxy) is 2. The summed E-state index contributed by atoms with van der Waals surface area (Å²) in [6, 6.07) is 0. The smallest absolute Gasteiger partial charge is 0.0658 e. The lowest BCUT2D eigenvalue weighted by molar-refractivity contribution is -0.129. The van der Waals surface area contributed by atoms with E-state index in [0.29, 0.717) is 6.10 Å². The maximum Gasteiger partial charge on any atom is 0.0658 e. The van der Waals surface area contributed by atoms with Crippen molar-refractivity contribution in [3.8, 4) is 0 Å². The highest BCUT2D eigenvalue weighted by Crippen LogP contribution is 2.28. The molecule has 1 aliphatic rings. The van der Waals surface area contributed by atoms with E-state index in [0.717, 1.165) is 13.0 Å². The second-order valence-corrected chi connectivity index (χ2v) is 5.81. The summed E-state index contributed by atoms with van der Waals surface area (Å²) in [5.41, 5.74) is -0.143. The quantitative estimate of drug-likeness (QED) is 0.696. The molecule has 0 radical (unpaired) electrons. The molecule has 1 saturated heterocycles. The average Bonchev–Trinajstić information content (AvgIpc) is 2.31. The van der Waals surface area contributed by atoms with E-state index in [2.05, 4.69) is 34.6 Å². The van der Waals surface area contributed by atoms with Crippen molar-refractivity contribution in [2.45, 2.75) is 71.2 Å². The fourth-order valence-corrected chi connectivity index (χ4v) is 2.22. The average molecular weight is 200 g/mol. The van der Waals surface area contributed by atoms with Gasteiger partial charge in [0.2, 0.25) is 0 Å². The second-order valence-electron chi connectivity index (χ2n) is 5.81. The van der Waals surface area contributed by atoms with Crippen LogP contribution in [0.1, 0.15) is 53.9 Å². The molecule has 0 spiro atoms.